The van der Waals surface area contributed by atoms with Crippen molar-refractivity contribution in [2.45, 2.75) is 32.9 Å². The number of nitrogens with one attached hydrogen (secondary N) is 1. The molecule has 2 aromatic carbocycles. The molecule has 0 aliphatic heterocycles. The van der Waals surface area contributed by atoms with Crippen LogP contribution in [0, 0.1) is 6.92 Å². The quantitative estimate of drug-likeness (QED) is 0.832. The van der Waals surface area contributed by atoms with Crippen molar-refractivity contribution in [2.75, 3.05) is 7.11 Å². The highest BCUT2D eigenvalue weighted by atomic mass is 35.5. The number of benzene rings is 2. The molecule has 0 aromatic heterocycles. The van der Waals surface area contributed by atoms with Crippen LogP contribution >= 0.6 is 11.6 Å². The lowest BCUT2D eigenvalue weighted by Gasteiger charge is -2.23. The SMILES string of the molecule is COc1ccc(C)cc1C(C)NC(C)c1cccc(Cl)c1. The standard InChI is InChI=1S/C18H22ClNO/c1-12-8-9-18(21-4)17(10-12)14(3)20-13(2)15-6-5-7-16(19)11-15/h5-11,13-14,20H,1-4H3. The van der Waals surface area contributed by atoms with E-state index in [0.29, 0.717) is 0 Å². The van der Waals surface area contributed by atoms with Crippen LogP contribution < -0.4 is 10.1 Å². The van der Waals surface area contributed by atoms with Gasteiger partial charge in [0.25, 0.3) is 0 Å². The molecule has 0 radical (unpaired) electrons. The van der Waals surface area contributed by atoms with E-state index in [0.717, 1.165) is 10.8 Å². The summed E-state index contributed by atoms with van der Waals surface area (Å²) in [7, 11) is 1.71. The highest BCUT2D eigenvalue weighted by Gasteiger charge is 2.15. The van der Waals surface area contributed by atoms with E-state index in [1.165, 1.54) is 16.7 Å². The van der Waals surface area contributed by atoms with Crippen LogP contribution in [0.4, 0.5) is 0 Å². The van der Waals surface area contributed by atoms with Crippen molar-refractivity contribution in [1.29, 1.82) is 0 Å². The fraction of sp³-hybridized carbons (Fsp3) is 0.333. The molecule has 2 unspecified atom stereocenters. The van der Waals surface area contributed by atoms with Gasteiger partial charge in [0.2, 0.25) is 0 Å². The molecule has 0 amide bonds. The molecule has 0 saturated carbocycles. The van der Waals surface area contributed by atoms with Gasteiger partial charge < -0.3 is 10.1 Å². The van der Waals surface area contributed by atoms with Gasteiger partial charge in [0.1, 0.15) is 5.75 Å². The first-order valence-corrected chi connectivity index (χ1v) is 7.55. The summed E-state index contributed by atoms with van der Waals surface area (Å²) in [5.41, 5.74) is 3.59. The molecule has 21 heavy (non-hydrogen) atoms. The maximum absolute atomic E-state index is 6.06. The second-order valence-corrected chi connectivity index (χ2v) is 5.85. The van der Waals surface area contributed by atoms with Crippen LogP contribution in [0.25, 0.3) is 0 Å². The average molecular weight is 304 g/mol. The number of hydrogen-bond acceptors (Lipinski definition) is 2. The molecule has 0 bridgehead atoms. The summed E-state index contributed by atoms with van der Waals surface area (Å²) >= 11 is 6.06. The average Bonchev–Trinajstić information content (AvgIpc) is 2.47. The molecule has 1 N–H and O–H groups in total. The van der Waals surface area contributed by atoms with Crippen LogP contribution in [-0.4, -0.2) is 7.11 Å². The topological polar surface area (TPSA) is 21.3 Å². The zero-order valence-electron chi connectivity index (χ0n) is 13.0. The van der Waals surface area contributed by atoms with Gasteiger partial charge in [-0.2, -0.15) is 0 Å². The molecular weight excluding hydrogens is 282 g/mol. The Balaban J connectivity index is 2.17. The lowest BCUT2D eigenvalue weighted by Crippen LogP contribution is -2.23. The summed E-state index contributed by atoms with van der Waals surface area (Å²) < 4.78 is 5.47. The van der Waals surface area contributed by atoms with Crippen LogP contribution in [0.2, 0.25) is 5.02 Å². The third-order valence-electron chi connectivity index (χ3n) is 3.70. The summed E-state index contributed by atoms with van der Waals surface area (Å²) in [6, 6.07) is 14.6. The smallest absolute Gasteiger partial charge is 0.123 e. The molecule has 0 aliphatic rings. The van der Waals surface area contributed by atoms with E-state index in [1.807, 2.05) is 24.3 Å². The Morgan fingerprint density at radius 2 is 1.81 bits per heavy atom. The van der Waals surface area contributed by atoms with E-state index < -0.39 is 0 Å². The molecule has 2 atom stereocenters. The molecule has 0 fully saturated rings. The number of ether oxygens (including phenoxy) is 1. The molecule has 2 aromatic rings. The Hall–Kier alpha value is -1.51. The molecule has 0 heterocycles. The predicted molar refractivity (Wildman–Crippen MR) is 89.1 cm³/mol. The van der Waals surface area contributed by atoms with Gasteiger partial charge >= 0.3 is 0 Å². The van der Waals surface area contributed by atoms with E-state index >= 15 is 0 Å². The molecule has 2 rings (SSSR count). The van der Waals surface area contributed by atoms with Crippen LogP contribution in [0.3, 0.4) is 0 Å². The highest BCUT2D eigenvalue weighted by molar-refractivity contribution is 6.30. The molecule has 2 nitrogen and oxygen atoms in total. The second-order valence-electron chi connectivity index (χ2n) is 5.41. The molecule has 0 aliphatic carbocycles. The zero-order valence-corrected chi connectivity index (χ0v) is 13.7. The van der Waals surface area contributed by atoms with Crippen LogP contribution in [0.5, 0.6) is 5.75 Å². The maximum atomic E-state index is 6.06. The van der Waals surface area contributed by atoms with Gasteiger partial charge in [0.05, 0.1) is 7.11 Å². The molecule has 3 heteroatoms. The van der Waals surface area contributed by atoms with Gasteiger partial charge in [0, 0.05) is 22.7 Å². The normalized spacial score (nSPS) is 13.8. The number of methoxy groups -OCH3 is 1. The minimum absolute atomic E-state index is 0.189. The van der Waals surface area contributed by atoms with E-state index in [4.69, 9.17) is 16.3 Å². The van der Waals surface area contributed by atoms with Gasteiger partial charge in [-0.05, 0) is 44.5 Å². The first-order valence-electron chi connectivity index (χ1n) is 7.17. The molecule has 0 spiro atoms. The Bertz CT molecular complexity index is 612. The minimum atomic E-state index is 0.189. The van der Waals surface area contributed by atoms with Crippen LogP contribution in [0.1, 0.15) is 42.6 Å². The Morgan fingerprint density at radius 3 is 2.48 bits per heavy atom. The van der Waals surface area contributed by atoms with Gasteiger partial charge in [-0.3, -0.25) is 0 Å². The Morgan fingerprint density at radius 1 is 1.05 bits per heavy atom. The lowest BCUT2D eigenvalue weighted by molar-refractivity contribution is 0.396. The van der Waals surface area contributed by atoms with Crippen molar-refractivity contribution in [1.82, 2.24) is 5.32 Å². The summed E-state index contributed by atoms with van der Waals surface area (Å²) in [4.78, 5) is 0. The third-order valence-corrected chi connectivity index (χ3v) is 3.94. The van der Waals surface area contributed by atoms with E-state index in [-0.39, 0.29) is 12.1 Å². The summed E-state index contributed by atoms with van der Waals surface area (Å²) in [6.07, 6.45) is 0. The summed E-state index contributed by atoms with van der Waals surface area (Å²) in [6.45, 7) is 6.39. The summed E-state index contributed by atoms with van der Waals surface area (Å²) in [5, 5.41) is 4.37. The van der Waals surface area contributed by atoms with Crippen molar-refractivity contribution in [3.63, 3.8) is 0 Å². The van der Waals surface area contributed by atoms with Crippen molar-refractivity contribution in [3.8, 4) is 5.75 Å². The zero-order chi connectivity index (χ0) is 15.4. The van der Waals surface area contributed by atoms with Gasteiger partial charge in [-0.25, -0.2) is 0 Å². The van der Waals surface area contributed by atoms with Crippen LogP contribution in [-0.2, 0) is 0 Å². The Kier molecular flexibility index (Phi) is 5.27. The number of aryl methyl sites for hydroxylation is 1. The van der Waals surface area contributed by atoms with E-state index in [1.54, 1.807) is 7.11 Å². The van der Waals surface area contributed by atoms with Crippen molar-refractivity contribution in [2.24, 2.45) is 0 Å². The lowest BCUT2D eigenvalue weighted by atomic mass is 10.0. The van der Waals surface area contributed by atoms with Gasteiger partial charge in [-0.1, -0.05) is 41.4 Å². The second kappa shape index (κ2) is 6.97. The molecule has 112 valence electrons. The van der Waals surface area contributed by atoms with Crippen molar-refractivity contribution < 1.29 is 4.74 Å². The maximum Gasteiger partial charge on any atom is 0.123 e. The van der Waals surface area contributed by atoms with Crippen molar-refractivity contribution >= 4 is 11.6 Å². The van der Waals surface area contributed by atoms with E-state index in [2.05, 4.69) is 44.3 Å². The largest absolute Gasteiger partial charge is 0.496 e. The first kappa shape index (κ1) is 15.9. The molecular formula is C18H22ClNO. The fourth-order valence-corrected chi connectivity index (χ4v) is 2.73. The Labute approximate surface area is 132 Å². The van der Waals surface area contributed by atoms with Crippen molar-refractivity contribution in [3.05, 3.63) is 64.2 Å². The predicted octanol–water partition coefficient (Wildman–Crippen LogP) is 5.07. The fourth-order valence-electron chi connectivity index (χ4n) is 2.53. The van der Waals surface area contributed by atoms with E-state index in [9.17, 15) is 0 Å². The molecule has 0 saturated heterocycles. The number of halogens is 1. The van der Waals surface area contributed by atoms with Gasteiger partial charge in [-0.15, -0.1) is 0 Å². The number of rotatable bonds is 5. The van der Waals surface area contributed by atoms with Gasteiger partial charge in [0.15, 0.2) is 0 Å². The summed E-state index contributed by atoms with van der Waals surface area (Å²) in [5.74, 6) is 0.916. The third kappa shape index (κ3) is 3.99. The first-order chi connectivity index (χ1) is 10.0. The highest BCUT2D eigenvalue weighted by Crippen LogP contribution is 2.28. The monoisotopic (exact) mass is 303 g/mol. The van der Waals surface area contributed by atoms with Crippen LogP contribution in [0.15, 0.2) is 42.5 Å². The number of hydrogen-bond donors (Lipinski definition) is 1. The minimum Gasteiger partial charge on any atom is -0.496 e.